The Morgan fingerprint density at radius 1 is 1.40 bits per heavy atom. The number of nitrogens with one attached hydrogen (secondary N) is 1. The number of aliphatic hydroxyl groups is 1. The minimum Gasteiger partial charge on any atom is -0.387 e. The summed E-state index contributed by atoms with van der Waals surface area (Å²) in [5.74, 6) is -0.176. The van der Waals surface area contributed by atoms with Gasteiger partial charge in [-0.15, -0.1) is 5.10 Å². The van der Waals surface area contributed by atoms with E-state index in [4.69, 9.17) is 0 Å². The van der Waals surface area contributed by atoms with Gasteiger partial charge in [-0.2, -0.15) is 0 Å². The summed E-state index contributed by atoms with van der Waals surface area (Å²) in [5.41, 5.74) is 3.31. The van der Waals surface area contributed by atoms with Crippen LogP contribution in [0.4, 0.5) is 5.69 Å². The molecule has 0 aliphatic heterocycles. The summed E-state index contributed by atoms with van der Waals surface area (Å²) >= 11 is 0. The molecule has 6 heteroatoms. The third-order valence-corrected chi connectivity index (χ3v) is 3.04. The number of amides is 1. The van der Waals surface area contributed by atoms with E-state index in [2.05, 4.69) is 15.6 Å². The van der Waals surface area contributed by atoms with Gasteiger partial charge in [0, 0.05) is 5.69 Å². The van der Waals surface area contributed by atoms with E-state index in [1.807, 2.05) is 32.0 Å². The summed E-state index contributed by atoms with van der Waals surface area (Å²) in [4.78, 5) is 12.0. The summed E-state index contributed by atoms with van der Waals surface area (Å²) in [6, 6.07) is 5.85. The SMILES string of the molecule is Cc1cccc(C)c1NC(=O)Cn1cc(C(C)O)nn1. The molecular formula is C14H18N4O2. The molecule has 1 amide bonds. The average molecular weight is 274 g/mol. The van der Waals surface area contributed by atoms with Gasteiger partial charge < -0.3 is 10.4 Å². The first-order valence-electron chi connectivity index (χ1n) is 6.41. The largest absolute Gasteiger partial charge is 0.387 e. The van der Waals surface area contributed by atoms with Gasteiger partial charge >= 0.3 is 0 Å². The van der Waals surface area contributed by atoms with E-state index in [1.165, 1.54) is 4.68 Å². The molecule has 1 heterocycles. The summed E-state index contributed by atoms with van der Waals surface area (Å²) in [6.45, 7) is 5.56. The van der Waals surface area contributed by atoms with Gasteiger partial charge in [0.1, 0.15) is 12.2 Å². The van der Waals surface area contributed by atoms with Crippen LogP contribution in [-0.4, -0.2) is 26.0 Å². The predicted molar refractivity (Wildman–Crippen MR) is 75.2 cm³/mol. The van der Waals surface area contributed by atoms with Gasteiger partial charge in [-0.1, -0.05) is 23.4 Å². The van der Waals surface area contributed by atoms with Crippen LogP contribution in [0.3, 0.4) is 0 Å². The van der Waals surface area contributed by atoms with Crippen LogP contribution in [-0.2, 0) is 11.3 Å². The summed E-state index contributed by atoms with van der Waals surface area (Å²) < 4.78 is 1.41. The zero-order chi connectivity index (χ0) is 14.7. The number of nitrogens with zero attached hydrogens (tertiary/aromatic N) is 3. The second kappa shape index (κ2) is 5.83. The maximum atomic E-state index is 12.0. The standard InChI is InChI=1S/C14H18N4O2/c1-9-5-4-6-10(2)14(9)15-13(20)8-18-7-12(11(3)19)16-17-18/h4-7,11,19H,8H2,1-3H3,(H,15,20). The first-order chi connectivity index (χ1) is 9.47. The van der Waals surface area contributed by atoms with E-state index >= 15 is 0 Å². The molecule has 1 aromatic carbocycles. The number of aryl methyl sites for hydroxylation is 2. The molecule has 0 aliphatic carbocycles. The number of aromatic nitrogens is 3. The Kier molecular flexibility index (Phi) is 4.14. The lowest BCUT2D eigenvalue weighted by Gasteiger charge is -2.11. The number of carbonyl (C=O) groups excluding carboxylic acids is 1. The number of hydrogen-bond donors (Lipinski definition) is 2. The lowest BCUT2D eigenvalue weighted by atomic mass is 10.1. The molecule has 2 aromatic rings. The van der Waals surface area contributed by atoms with Crippen LogP contribution in [0.25, 0.3) is 0 Å². The quantitative estimate of drug-likeness (QED) is 0.887. The second-order valence-corrected chi connectivity index (χ2v) is 4.83. The van der Waals surface area contributed by atoms with Gasteiger partial charge in [-0.3, -0.25) is 4.79 Å². The fourth-order valence-corrected chi connectivity index (χ4v) is 1.92. The highest BCUT2D eigenvalue weighted by Crippen LogP contribution is 2.19. The molecule has 20 heavy (non-hydrogen) atoms. The van der Waals surface area contributed by atoms with Gasteiger partial charge in [-0.25, -0.2) is 4.68 Å². The Balaban J connectivity index is 2.05. The third kappa shape index (κ3) is 3.21. The zero-order valence-corrected chi connectivity index (χ0v) is 11.8. The van der Waals surface area contributed by atoms with Crippen LogP contribution in [0.2, 0.25) is 0 Å². The lowest BCUT2D eigenvalue weighted by Crippen LogP contribution is -2.20. The summed E-state index contributed by atoms with van der Waals surface area (Å²) in [5, 5.41) is 19.8. The number of anilines is 1. The number of aliphatic hydroxyl groups excluding tert-OH is 1. The van der Waals surface area contributed by atoms with Crippen molar-refractivity contribution in [1.29, 1.82) is 0 Å². The zero-order valence-electron chi connectivity index (χ0n) is 11.8. The van der Waals surface area contributed by atoms with Crippen LogP contribution in [0.5, 0.6) is 0 Å². The molecule has 0 aliphatic rings. The highest BCUT2D eigenvalue weighted by atomic mass is 16.3. The fraction of sp³-hybridized carbons (Fsp3) is 0.357. The molecule has 0 radical (unpaired) electrons. The molecular weight excluding hydrogens is 256 g/mol. The van der Waals surface area contributed by atoms with Crippen molar-refractivity contribution in [3.63, 3.8) is 0 Å². The molecule has 2 rings (SSSR count). The number of carbonyl (C=O) groups is 1. The normalized spacial score (nSPS) is 12.2. The number of hydrogen-bond acceptors (Lipinski definition) is 4. The molecule has 1 unspecified atom stereocenters. The minimum atomic E-state index is -0.689. The maximum absolute atomic E-state index is 12.0. The first-order valence-corrected chi connectivity index (χ1v) is 6.41. The molecule has 106 valence electrons. The van der Waals surface area contributed by atoms with Crippen molar-refractivity contribution in [2.75, 3.05) is 5.32 Å². The van der Waals surface area contributed by atoms with Gasteiger partial charge in [0.15, 0.2) is 0 Å². The Morgan fingerprint density at radius 3 is 2.60 bits per heavy atom. The molecule has 1 atom stereocenters. The van der Waals surface area contributed by atoms with E-state index in [0.717, 1.165) is 16.8 Å². The minimum absolute atomic E-state index is 0.0630. The van der Waals surface area contributed by atoms with Crippen LogP contribution < -0.4 is 5.32 Å². The van der Waals surface area contributed by atoms with Gasteiger partial charge in [0.25, 0.3) is 0 Å². The van der Waals surface area contributed by atoms with E-state index in [9.17, 15) is 9.90 Å². The van der Waals surface area contributed by atoms with Crippen molar-refractivity contribution < 1.29 is 9.90 Å². The molecule has 0 spiro atoms. The van der Waals surface area contributed by atoms with Crippen molar-refractivity contribution >= 4 is 11.6 Å². The molecule has 2 N–H and O–H groups in total. The summed E-state index contributed by atoms with van der Waals surface area (Å²) in [7, 11) is 0. The molecule has 6 nitrogen and oxygen atoms in total. The Hall–Kier alpha value is -2.21. The summed E-state index contributed by atoms with van der Waals surface area (Å²) in [6.07, 6.45) is 0.875. The van der Waals surface area contributed by atoms with Crippen LogP contribution >= 0.6 is 0 Å². The molecule has 0 saturated carbocycles. The smallest absolute Gasteiger partial charge is 0.246 e. The Morgan fingerprint density at radius 2 is 2.05 bits per heavy atom. The monoisotopic (exact) mass is 274 g/mol. The van der Waals surface area contributed by atoms with Gasteiger partial charge in [0.05, 0.1) is 12.3 Å². The molecule has 1 aromatic heterocycles. The number of para-hydroxylation sites is 1. The van der Waals surface area contributed by atoms with Crippen molar-refractivity contribution in [2.45, 2.75) is 33.4 Å². The second-order valence-electron chi connectivity index (χ2n) is 4.83. The lowest BCUT2D eigenvalue weighted by molar-refractivity contribution is -0.116. The first kappa shape index (κ1) is 14.2. The third-order valence-electron chi connectivity index (χ3n) is 3.04. The number of benzene rings is 1. The Labute approximate surface area is 117 Å². The van der Waals surface area contributed by atoms with E-state index in [-0.39, 0.29) is 12.5 Å². The van der Waals surface area contributed by atoms with Crippen molar-refractivity contribution in [3.8, 4) is 0 Å². The maximum Gasteiger partial charge on any atom is 0.246 e. The highest BCUT2D eigenvalue weighted by molar-refractivity contribution is 5.92. The van der Waals surface area contributed by atoms with Gasteiger partial charge in [-0.05, 0) is 31.9 Å². The fourth-order valence-electron chi connectivity index (χ4n) is 1.92. The van der Waals surface area contributed by atoms with Crippen LogP contribution in [0.1, 0.15) is 29.8 Å². The van der Waals surface area contributed by atoms with E-state index in [0.29, 0.717) is 5.69 Å². The number of rotatable bonds is 4. The van der Waals surface area contributed by atoms with E-state index < -0.39 is 6.10 Å². The predicted octanol–water partition coefficient (Wildman–Crippen LogP) is 1.59. The van der Waals surface area contributed by atoms with E-state index in [1.54, 1.807) is 13.1 Å². The van der Waals surface area contributed by atoms with Crippen molar-refractivity contribution in [1.82, 2.24) is 15.0 Å². The molecule has 0 saturated heterocycles. The van der Waals surface area contributed by atoms with Crippen LogP contribution in [0.15, 0.2) is 24.4 Å². The Bertz CT molecular complexity index is 599. The van der Waals surface area contributed by atoms with Crippen LogP contribution in [0, 0.1) is 13.8 Å². The molecule has 0 bridgehead atoms. The topological polar surface area (TPSA) is 80.0 Å². The molecule has 0 fully saturated rings. The van der Waals surface area contributed by atoms with Gasteiger partial charge in [0.2, 0.25) is 5.91 Å². The van der Waals surface area contributed by atoms with Crippen molar-refractivity contribution in [3.05, 3.63) is 41.2 Å². The highest BCUT2D eigenvalue weighted by Gasteiger charge is 2.11. The van der Waals surface area contributed by atoms with Crippen molar-refractivity contribution in [2.24, 2.45) is 0 Å². The average Bonchev–Trinajstić information content (AvgIpc) is 2.82.